The highest BCUT2D eigenvalue weighted by Gasteiger charge is 2.18. The second kappa shape index (κ2) is 6.40. The average Bonchev–Trinajstić information content (AvgIpc) is 2.76. The zero-order valence-corrected chi connectivity index (χ0v) is 14.1. The quantitative estimate of drug-likeness (QED) is 0.811. The largest absolute Gasteiger partial charge is 0.381 e. The van der Waals surface area contributed by atoms with E-state index in [1.807, 2.05) is 0 Å². The first-order valence-corrected chi connectivity index (χ1v) is 8.10. The van der Waals surface area contributed by atoms with E-state index in [0.29, 0.717) is 12.1 Å². The van der Waals surface area contributed by atoms with Gasteiger partial charge in [-0.3, -0.25) is 0 Å². The topological polar surface area (TPSA) is 24.1 Å². The molecule has 2 atom stereocenters. The molecule has 2 N–H and O–H groups in total. The van der Waals surface area contributed by atoms with Crippen molar-refractivity contribution in [3.05, 3.63) is 26.6 Å². The first-order chi connectivity index (χ1) is 8.56. The van der Waals surface area contributed by atoms with Gasteiger partial charge in [-0.1, -0.05) is 0 Å². The van der Waals surface area contributed by atoms with Crippen molar-refractivity contribution in [2.45, 2.75) is 45.2 Å². The van der Waals surface area contributed by atoms with E-state index in [2.05, 4.69) is 68.5 Å². The molecule has 0 radical (unpaired) electrons. The van der Waals surface area contributed by atoms with Crippen LogP contribution in [-0.2, 0) is 0 Å². The summed E-state index contributed by atoms with van der Waals surface area (Å²) in [5.74, 6) is 0. The van der Waals surface area contributed by atoms with Crippen molar-refractivity contribution in [3.63, 3.8) is 0 Å². The molecule has 100 valence electrons. The fourth-order valence-electron chi connectivity index (χ4n) is 2.53. The molecule has 2 unspecified atom stereocenters. The zero-order chi connectivity index (χ0) is 13.1. The van der Waals surface area contributed by atoms with Gasteiger partial charge in [-0.05, 0) is 89.2 Å². The fourth-order valence-corrected chi connectivity index (χ4v) is 4.17. The summed E-state index contributed by atoms with van der Waals surface area (Å²) in [5, 5.41) is 7.15. The minimum atomic E-state index is 0.468. The normalized spacial score (nSPS) is 21.0. The third kappa shape index (κ3) is 3.72. The number of halogens is 2. The highest BCUT2D eigenvalue weighted by atomic mass is 79.9. The van der Waals surface area contributed by atoms with Crippen molar-refractivity contribution in [2.24, 2.45) is 0 Å². The van der Waals surface area contributed by atoms with Crippen LogP contribution in [0.2, 0.25) is 0 Å². The second-order valence-corrected chi connectivity index (χ2v) is 6.89. The lowest BCUT2D eigenvalue weighted by Crippen LogP contribution is -2.29. The molecular formula is C14H20Br2N2. The van der Waals surface area contributed by atoms with E-state index < -0.39 is 0 Å². The standard InChI is InChI=1S/C14H20Br2N2/c1-9-6-12(15)14(13(16)7-9)18-10(2)8-11-4-3-5-17-11/h6-7,10-11,17-18H,3-5,8H2,1-2H3. The van der Waals surface area contributed by atoms with Gasteiger partial charge in [0, 0.05) is 21.0 Å². The summed E-state index contributed by atoms with van der Waals surface area (Å²) in [6.45, 7) is 5.53. The number of anilines is 1. The molecule has 0 spiro atoms. The van der Waals surface area contributed by atoms with Gasteiger partial charge in [0.1, 0.15) is 0 Å². The molecule has 0 amide bonds. The van der Waals surface area contributed by atoms with Gasteiger partial charge in [-0.25, -0.2) is 0 Å². The Hall–Kier alpha value is -0.0600. The Kier molecular flexibility index (Phi) is 5.10. The monoisotopic (exact) mass is 374 g/mol. The van der Waals surface area contributed by atoms with Gasteiger partial charge in [-0.15, -0.1) is 0 Å². The Labute approximate surface area is 126 Å². The first kappa shape index (κ1) is 14.4. The molecule has 18 heavy (non-hydrogen) atoms. The van der Waals surface area contributed by atoms with Gasteiger partial charge in [0.2, 0.25) is 0 Å². The van der Waals surface area contributed by atoms with Gasteiger partial charge in [0.15, 0.2) is 0 Å². The number of nitrogens with one attached hydrogen (secondary N) is 2. The Morgan fingerprint density at radius 1 is 1.39 bits per heavy atom. The number of hydrogen-bond donors (Lipinski definition) is 2. The predicted octanol–water partition coefficient (Wildman–Crippen LogP) is 4.46. The summed E-state index contributed by atoms with van der Waals surface area (Å²) in [6.07, 6.45) is 3.80. The van der Waals surface area contributed by atoms with Gasteiger partial charge in [0.05, 0.1) is 5.69 Å². The van der Waals surface area contributed by atoms with Crippen LogP contribution < -0.4 is 10.6 Å². The number of benzene rings is 1. The van der Waals surface area contributed by atoms with Crippen molar-refractivity contribution >= 4 is 37.5 Å². The molecule has 0 aromatic heterocycles. The summed E-state index contributed by atoms with van der Waals surface area (Å²) in [6, 6.07) is 5.44. The molecule has 1 heterocycles. The molecule has 0 bridgehead atoms. The van der Waals surface area contributed by atoms with Crippen LogP contribution in [0.3, 0.4) is 0 Å². The van der Waals surface area contributed by atoms with Crippen LogP contribution >= 0.6 is 31.9 Å². The smallest absolute Gasteiger partial charge is 0.0631 e. The van der Waals surface area contributed by atoms with Gasteiger partial charge >= 0.3 is 0 Å². The summed E-state index contributed by atoms with van der Waals surface area (Å²) >= 11 is 7.26. The average molecular weight is 376 g/mol. The molecule has 4 heteroatoms. The van der Waals surface area contributed by atoms with Crippen LogP contribution in [0.25, 0.3) is 0 Å². The van der Waals surface area contributed by atoms with E-state index in [0.717, 1.165) is 14.6 Å². The molecule has 2 nitrogen and oxygen atoms in total. The molecule has 0 saturated carbocycles. The maximum atomic E-state index is 3.63. The minimum Gasteiger partial charge on any atom is -0.381 e. The van der Waals surface area contributed by atoms with E-state index in [4.69, 9.17) is 0 Å². The van der Waals surface area contributed by atoms with Crippen LogP contribution in [0, 0.1) is 6.92 Å². The third-order valence-electron chi connectivity index (χ3n) is 3.38. The molecule has 0 aliphatic carbocycles. The van der Waals surface area contributed by atoms with Crippen molar-refractivity contribution in [2.75, 3.05) is 11.9 Å². The van der Waals surface area contributed by atoms with E-state index in [9.17, 15) is 0 Å². The maximum absolute atomic E-state index is 3.63. The Morgan fingerprint density at radius 3 is 2.61 bits per heavy atom. The van der Waals surface area contributed by atoms with Crippen molar-refractivity contribution in [3.8, 4) is 0 Å². The lowest BCUT2D eigenvalue weighted by Gasteiger charge is -2.21. The highest BCUT2D eigenvalue weighted by molar-refractivity contribution is 9.11. The van der Waals surface area contributed by atoms with Gasteiger partial charge in [-0.2, -0.15) is 0 Å². The molecule has 2 rings (SSSR count). The third-order valence-corrected chi connectivity index (χ3v) is 4.63. The number of aryl methyl sites for hydroxylation is 1. The lowest BCUT2D eigenvalue weighted by atomic mass is 10.1. The molecule has 1 aromatic carbocycles. The van der Waals surface area contributed by atoms with Crippen molar-refractivity contribution in [1.29, 1.82) is 0 Å². The summed E-state index contributed by atoms with van der Waals surface area (Å²) in [5.41, 5.74) is 2.41. The molecule has 1 saturated heterocycles. The Balaban J connectivity index is 1.99. The van der Waals surface area contributed by atoms with Crippen LogP contribution in [0.5, 0.6) is 0 Å². The SMILES string of the molecule is Cc1cc(Br)c(NC(C)CC2CCCN2)c(Br)c1. The second-order valence-electron chi connectivity index (χ2n) is 5.18. The van der Waals surface area contributed by atoms with E-state index in [1.165, 1.54) is 31.4 Å². The summed E-state index contributed by atoms with van der Waals surface area (Å²) in [7, 11) is 0. The van der Waals surface area contributed by atoms with Crippen molar-refractivity contribution in [1.82, 2.24) is 5.32 Å². The Bertz CT molecular complexity index is 391. The molecule has 1 aliphatic rings. The fraction of sp³-hybridized carbons (Fsp3) is 0.571. The summed E-state index contributed by atoms with van der Waals surface area (Å²) < 4.78 is 2.25. The van der Waals surface area contributed by atoms with E-state index in [-0.39, 0.29) is 0 Å². The predicted molar refractivity (Wildman–Crippen MR) is 85.3 cm³/mol. The van der Waals surface area contributed by atoms with Crippen LogP contribution in [0.15, 0.2) is 21.1 Å². The Morgan fingerprint density at radius 2 is 2.06 bits per heavy atom. The van der Waals surface area contributed by atoms with Gasteiger partial charge in [0.25, 0.3) is 0 Å². The van der Waals surface area contributed by atoms with E-state index in [1.54, 1.807) is 0 Å². The molecule has 1 aromatic rings. The zero-order valence-electron chi connectivity index (χ0n) is 10.9. The molecular weight excluding hydrogens is 356 g/mol. The van der Waals surface area contributed by atoms with Crippen LogP contribution in [0.1, 0.15) is 31.7 Å². The minimum absolute atomic E-state index is 0.468. The molecule has 1 aliphatic heterocycles. The number of rotatable bonds is 4. The maximum Gasteiger partial charge on any atom is 0.0631 e. The van der Waals surface area contributed by atoms with Gasteiger partial charge < -0.3 is 10.6 Å². The van der Waals surface area contributed by atoms with E-state index >= 15 is 0 Å². The number of hydrogen-bond acceptors (Lipinski definition) is 2. The first-order valence-electron chi connectivity index (χ1n) is 6.52. The highest BCUT2D eigenvalue weighted by Crippen LogP contribution is 2.33. The van der Waals surface area contributed by atoms with Crippen LogP contribution in [0.4, 0.5) is 5.69 Å². The summed E-state index contributed by atoms with van der Waals surface area (Å²) in [4.78, 5) is 0. The lowest BCUT2D eigenvalue weighted by molar-refractivity contribution is 0.523. The van der Waals surface area contributed by atoms with Crippen LogP contribution in [-0.4, -0.2) is 18.6 Å². The molecule has 1 fully saturated rings. The van der Waals surface area contributed by atoms with Crippen molar-refractivity contribution < 1.29 is 0 Å².